The summed E-state index contributed by atoms with van der Waals surface area (Å²) in [7, 11) is 0. The van der Waals surface area contributed by atoms with Gasteiger partial charge in [-0.15, -0.1) is 0 Å². The number of nitrogens with one attached hydrogen (secondary N) is 2. The number of hydrogen-bond acceptors (Lipinski definition) is 2. The quantitative estimate of drug-likeness (QED) is 0.826. The molecule has 1 fully saturated rings. The second-order valence-corrected chi connectivity index (χ2v) is 5.70. The van der Waals surface area contributed by atoms with Crippen LogP contribution >= 0.6 is 0 Å². The summed E-state index contributed by atoms with van der Waals surface area (Å²) in [6, 6.07) is 6.28. The molecule has 1 aromatic carbocycles. The Labute approximate surface area is 120 Å². The highest BCUT2D eigenvalue weighted by Crippen LogP contribution is 2.23. The van der Waals surface area contributed by atoms with Gasteiger partial charge in [-0.25, -0.2) is 4.79 Å². The van der Waals surface area contributed by atoms with E-state index in [1.807, 2.05) is 17.0 Å². The van der Waals surface area contributed by atoms with Gasteiger partial charge in [-0.1, -0.05) is 25.0 Å². The number of likely N-dealkylation sites (tertiary alicyclic amines) is 1. The van der Waals surface area contributed by atoms with Gasteiger partial charge in [0.2, 0.25) is 0 Å². The number of anilines is 1. The van der Waals surface area contributed by atoms with E-state index in [9.17, 15) is 4.79 Å². The van der Waals surface area contributed by atoms with E-state index >= 15 is 0 Å². The van der Waals surface area contributed by atoms with Gasteiger partial charge in [-0.3, -0.25) is 0 Å². The van der Waals surface area contributed by atoms with Gasteiger partial charge in [0.05, 0.1) is 0 Å². The predicted molar refractivity (Wildman–Crippen MR) is 80.9 cm³/mol. The van der Waals surface area contributed by atoms with Gasteiger partial charge in [0.1, 0.15) is 0 Å². The van der Waals surface area contributed by atoms with Gasteiger partial charge in [-0.2, -0.15) is 0 Å². The topological polar surface area (TPSA) is 44.4 Å². The summed E-state index contributed by atoms with van der Waals surface area (Å²) in [6.07, 6.45) is 5.79. The van der Waals surface area contributed by atoms with E-state index in [2.05, 4.69) is 16.7 Å². The predicted octanol–water partition coefficient (Wildman–Crippen LogP) is 2.74. The Hall–Kier alpha value is -1.55. The van der Waals surface area contributed by atoms with Crippen molar-refractivity contribution in [3.05, 3.63) is 29.3 Å². The van der Waals surface area contributed by atoms with Crippen LogP contribution in [0.2, 0.25) is 0 Å². The second kappa shape index (κ2) is 6.27. The van der Waals surface area contributed by atoms with E-state index in [-0.39, 0.29) is 6.03 Å². The average Bonchev–Trinajstić information content (AvgIpc) is 2.77. The smallest absolute Gasteiger partial charge is 0.321 e. The molecule has 108 valence electrons. The number of rotatable bonds is 1. The Morgan fingerprint density at radius 3 is 2.75 bits per heavy atom. The first-order valence-corrected chi connectivity index (χ1v) is 7.72. The molecule has 0 unspecified atom stereocenters. The summed E-state index contributed by atoms with van der Waals surface area (Å²) >= 11 is 0. The van der Waals surface area contributed by atoms with Crippen LogP contribution in [0.5, 0.6) is 0 Å². The third kappa shape index (κ3) is 2.96. The molecule has 1 aromatic rings. The molecule has 2 amide bonds. The van der Waals surface area contributed by atoms with Crippen molar-refractivity contribution in [2.24, 2.45) is 0 Å². The van der Waals surface area contributed by atoms with Crippen LogP contribution in [-0.2, 0) is 13.0 Å². The molecule has 2 heterocycles. The third-order valence-corrected chi connectivity index (χ3v) is 4.28. The van der Waals surface area contributed by atoms with Crippen molar-refractivity contribution in [3.63, 3.8) is 0 Å². The van der Waals surface area contributed by atoms with Crippen LogP contribution < -0.4 is 10.6 Å². The Kier molecular flexibility index (Phi) is 4.21. The van der Waals surface area contributed by atoms with Gasteiger partial charge in [0.25, 0.3) is 0 Å². The van der Waals surface area contributed by atoms with Gasteiger partial charge >= 0.3 is 6.03 Å². The first kappa shape index (κ1) is 13.4. The van der Waals surface area contributed by atoms with Crippen LogP contribution in [0.1, 0.15) is 36.8 Å². The fraction of sp³-hybridized carbons (Fsp3) is 0.562. The fourth-order valence-corrected chi connectivity index (χ4v) is 3.10. The van der Waals surface area contributed by atoms with Crippen LogP contribution in [0.25, 0.3) is 0 Å². The molecule has 4 nitrogen and oxygen atoms in total. The second-order valence-electron chi connectivity index (χ2n) is 5.70. The van der Waals surface area contributed by atoms with E-state index < -0.39 is 0 Å². The van der Waals surface area contributed by atoms with E-state index in [4.69, 9.17) is 0 Å². The molecular weight excluding hydrogens is 250 g/mol. The van der Waals surface area contributed by atoms with Gasteiger partial charge < -0.3 is 15.5 Å². The Bertz CT molecular complexity index is 479. The first-order valence-electron chi connectivity index (χ1n) is 7.72. The summed E-state index contributed by atoms with van der Waals surface area (Å²) in [4.78, 5) is 14.4. The van der Waals surface area contributed by atoms with Crippen molar-refractivity contribution in [1.82, 2.24) is 10.2 Å². The van der Waals surface area contributed by atoms with Crippen molar-refractivity contribution in [2.75, 3.05) is 25.0 Å². The number of amides is 2. The lowest BCUT2D eigenvalue weighted by molar-refractivity contribution is 0.213. The summed E-state index contributed by atoms with van der Waals surface area (Å²) in [6.45, 7) is 3.65. The lowest BCUT2D eigenvalue weighted by atomic mass is 9.99. The van der Waals surface area contributed by atoms with Gasteiger partial charge in [0, 0.05) is 25.3 Å². The lowest BCUT2D eigenvalue weighted by Gasteiger charge is -2.24. The molecule has 20 heavy (non-hydrogen) atoms. The minimum absolute atomic E-state index is 0.0610. The maximum atomic E-state index is 12.4. The lowest BCUT2D eigenvalue weighted by Crippen LogP contribution is -2.36. The minimum atomic E-state index is 0.0610. The zero-order valence-electron chi connectivity index (χ0n) is 12.0. The third-order valence-electron chi connectivity index (χ3n) is 4.28. The number of nitrogens with zero attached hydrogens (tertiary/aromatic N) is 1. The van der Waals surface area contributed by atoms with E-state index in [1.54, 1.807) is 0 Å². The number of urea groups is 1. The summed E-state index contributed by atoms with van der Waals surface area (Å²) < 4.78 is 0. The largest absolute Gasteiger partial charge is 0.325 e. The van der Waals surface area contributed by atoms with Crippen LogP contribution in [-0.4, -0.2) is 30.6 Å². The first-order chi connectivity index (χ1) is 9.84. The van der Waals surface area contributed by atoms with Crippen molar-refractivity contribution in [1.29, 1.82) is 0 Å². The highest BCUT2D eigenvalue weighted by atomic mass is 16.2. The summed E-state index contributed by atoms with van der Waals surface area (Å²) in [5, 5.41) is 6.49. The maximum absolute atomic E-state index is 12.4. The molecule has 0 saturated carbocycles. The highest BCUT2D eigenvalue weighted by molar-refractivity contribution is 5.90. The molecule has 0 aliphatic carbocycles. The summed E-state index contributed by atoms with van der Waals surface area (Å²) in [5.41, 5.74) is 3.59. The molecule has 4 heteroatoms. The van der Waals surface area contributed by atoms with Crippen LogP contribution in [0.15, 0.2) is 18.2 Å². The molecule has 0 radical (unpaired) electrons. The zero-order chi connectivity index (χ0) is 13.8. The Morgan fingerprint density at radius 1 is 1.15 bits per heavy atom. The van der Waals surface area contributed by atoms with E-state index in [1.165, 1.54) is 24.0 Å². The van der Waals surface area contributed by atoms with Crippen molar-refractivity contribution in [2.45, 2.75) is 38.6 Å². The molecule has 2 aliphatic heterocycles. The van der Waals surface area contributed by atoms with Crippen molar-refractivity contribution < 1.29 is 4.79 Å². The molecular formula is C16H23N3O. The number of carbonyl (C=O) groups excluding carboxylic acids is 1. The Morgan fingerprint density at radius 2 is 1.95 bits per heavy atom. The molecule has 0 bridgehead atoms. The van der Waals surface area contributed by atoms with E-state index in [0.717, 1.165) is 51.1 Å². The zero-order valence-corrected chi connectivity index (χ0v) is 12.0. The fourth-order valence-electron chi connectivity index (χ4n) is 3.10. The monoisotopic (exact) mass is 273 g/mol. The number of benzene rings is 1. The molecule has 0 spiro atoms. The molecule has 0 atom stereocenters. The molecule has 2 aliphatic rings. The maximum Gasteiger partial charge on any atom is 0.321 e. The van der Waals surface area contributed by atoms with Crippen molar-refractivity contribution >= 4 is 11.7 Å². The van der Waals surface area contributed by atoms with Crippen molar-refractivity contribution in [3.8, 4) is 0 Å². The van der Waals surface area contributed by atoms with Crippen LogP contribution in [0, 0.1) is 0 Å². The number of carbonyl (C=O) groups is 1. The Balaban J connectivity index is 1.72. The van der Waals surface area contributed by atoms with Gasteiger partial charge in [-0.05, 0) is 43.0 Å². The SMILES string of the molecule is O=C(Nc1cccc2c1CNCC2)N1CCCCCC1. The minimum Gasteiger partial charge on any atom is -0.325 e. The molecule has 0 aromatic heterocycles. The summed E-state index contributed by atoms with van der Waals surface area (Å²) in [5.74, 6) is 0. The number of fused-ring (bicyclic) bond motifs is 1. The molecule has 2 N–H and O–H groups in total. The van der Waals surface area contributed by atoms with E-state index in [0.29, 0.717) is 0 Å². The average molecular weight is 273 g/mol. The normalized spacial score (nSPS) is 19.1. The standard InChI is InChI=1S/C16H23N3O/c20-16(19-10-3-1-2-4-11-19)18-15-7-5-6-13-8-9-17-12-14(13)15/h5-7,17H,1-4,8-12H2,(H,18,20). The van der Waals surface area contributed by atoms with Gasteiger partial charge in [0.15, 0.2) is 0 Å². The van der Waals surface area contributed by atoms with Crippen LogP contribution in [0.3, 0.4) is 0 Å². The number of hydrogen-bond donors (Lipinski definition) is 2. The highest BCUT2D eigenvalue weighted by Gasteiger charge is 2.18. The molecule has 1 saturated heterocycles. The molecule has 3 rings (SSSR count). The van der Waals surface area contributed by atoms with Crippen LogP contribution in [0.4, 0.5) is 10.5 Å².